The molecule has 0 aliphatic carbocycles. The van der Waals surface area contributed by atoms with Crippen LogP contribution in [0.25, 0.3) is 0 Å². The molecular weight excluding hydrogens is 450 g/mol. The van der Waals surface area contributed by atoms with E-state index in [0.717, 1.165) is 32.4 Å². The first-order valence-corrected chi connectivity index (χ1v) is 13.6. The number of piperidine rings is 1. The first-order valence-electron chi connectivity index (χ1n) is 12.2. The van der Waals surface area contributed by atoms with Crippen molar-refractivity contribution in [1.82, 2.24) is 9.21 Å². The number of likely N-dealkylation sites (tertiary alicyclic amines) is 1. The summed E-state index contributed by atoms with van der Waals surface area (Å²) in [6, 6.07) is 16.8. The van der Waals surface area contributed by atoms with E-state index in [-0.39, 0.29) is 16.8 Å². The van der Waals surface area contributed by atoms with Crippen LogP contribution in [0.2, 0.25) is 0 Å². The Morgan fingerprint density at radius 2 is 1.65 bits per heavy atom. The number of nitrogens with zero attached hydrogens (tertiary/aromatic N) is 2. The molecule has 184 valence electrons. The molecular formula is C26H35N3O4S. The van der Waals surface area contributed by atoms with Gasteiger partial charge in [0.05, 0.1) is 24.2 Å². The van der Waals surface area contributed by atoms with Crippen LogP contribution < -0.4 is 5.32 Å². The fourth-order valence-electron chi connectivity index (χ4n) is 4.70. The van der Waals surface area contributed by atoms with Crippen molar-refractivity contribution in [2.45, 2.75) is 43.5 Å². The highest BCUT2D eigenvalue weighted by Crippen LogP contribution is 2.24. The Balaban J connectivity index is 1.25. The average Bonchev–Trinajstić information content (AvgIpc) is 2.89. The van der Waals surface area contributed by atoms with Gasteiger partial charge in [0, 0.05) is 18.8 Å². The average molecular weight is 486 g/mol. The molecule has 2 aromatic carbocycles. The van der Waals surface area contributed by atoms with E-state index in [1.165, 1.54) is 16.3 Å². The Labute approximate surface area is 203 Å². The van der Waals surface area contributed by atoms with Gasteiger partial charge in [0.25, 0.3) is 0 Å². The summed E-state index contributed by atoms with van der Waals surface area (Å²) in [5, 5.41) is 2.95. The number of amides is 1. The maximum Gasteiger partial charge on any atom is 0.243 e. The van der Waals surface area contributed by atoms with Gasteiger partial charge in [0.15, 0.2) is 0 Å². The maximum absolute atomic E-state index is 12.8. The molecule has 1 N–H and O–H groups in total. The fourth-order valence-corrected chi connectivity index (χ4v) is 6.11. The summed E-state index contributed by atoms with van der Waals surface area (Å²) in [4.78, 5) is 15.3. The van der Waals surface area contributed by atoms with Gasteiger partial charge in [-0.15, -0.1) is 0 Å². The van der Waals surface area contributed by atoms with Gasteiger partial charge in [-0.1, -0.05) is 30.3 Å². The lowest BCUT2D eigenvalue weighted by Gasteiger charge is -2.35. The molecule has 8 heteroatoms. The Bertz CT molecular complexity index is 1030. The number of aryl methyl sites for hydroxylation is 1. The molecule has 1 amide bonds. The van der Waals surface area contributed by atoms with Crippen LogP contribution in [0.5, 0.6) is 0 Å². The lowest BCUT2D eigenvalue weighted by Crippen LogP contribution is -2.46. The second-order valence-electron chi connectivity index (χ2n) is 9.21. The number of carbonyl (C=O) groups is 1. The number of carbonyl (C=O) groups excluding carboxylic acids is 1. The second kappa shape index (κ2) is 11.4. The summed E-state index contributed by atoms with van der Waals surface area (Å²) in [5.74, 6) is 0.638. The number of benzene rings is 2. The van der Waals surface area contributed by atoms with Gasteiger partial charge in [0.2, 0.25) is 15.9 Å². The lowest BCUT2D eigenvalue weighted by molar-refractivity contribution is -0.121. The molecule has 2 aromatic rings. The molecule has 1 atom stereocenters. The predicted octanol–water partition coefficient (Wildman–Crippen LogP) is 3.38. The maximum atomic E-state index is 12.8. The molecule has 7 nitrogen and oxygen atoms in total. The van der Waals surface area contributed by atoms with Crippen molar-refractivity contribution in [2.24, 2.45) is 5.92 Å². The molecule has 2 heterocycles. The molecule has 2 saturated heterocycles. The SMILES string of the molecule is CC(C(=O)Nc1ccc(S(=O)(=O)N2CCOCC2)cc1)N1CCC(CCc2ccccc2)CC1. The monoisotopic (exact) mass is 485 g/mol. The predicted molar refractivity (Wildman–Crippen MR) is 133 cm³/mol. The van der Waals surface area contributed by atoms with E-state index in [2.05, 4.69) is 40.5 Å². The first-order chi connectivity index (χ1) is 16.4. The number of anilines is 1. The van der Waals surface area contributed by atoms with Crippen molar-refractivity contribution in [3.8, 4) is 0 Å². The van der Waals surface area contributed by atoms with Gasteiger partial charge in [-0.25, -0.2) is 8.42 Å². The van der Waals surface area contributed by atoms with E-state index in [9.17, 15) is 13.2 Å². The molecule has 2 fully saturated rings. The summed E-state index contributed by atoms with van der Waals surface area (Å²) < 4.78 is 32.2. The number of ether oxygens (including phenoxy) is 1. The van der Waals surface area contributed by atoms with Crippen molar-refractivity contribution in [1.29, 1.82) is 0 Å². The van der Waals surface area contributed by atoms with Gasteiger partial charge >= 0.3 is 0 Å². The van der Waals surface area contributed by atoms with Crippen molar-refractivity contribution >= 4 is 21.6 Å². The molecule has 1 unspecified atom stereocenters. The summed E-state index contributed by atoms with van der Waals surface area (Å²) >= 11 is 0. The van der Waals surface area contributed by atoms with E-state index in [0.29, 0.717) is 37.9 Å². The van der Waals surface area contributed by atoms with Gasteiger partial charge in [-0.2, -0.15) is 4.31 Å². The summed E-state index contributed by atoms with van der Waals surface area (Å²) in [6.45, 7) is 5.33. The topological polar surface area (TPSA) is 79.0 Å². The van der Waals surface area contributed by atoms with Crippen LogP contribution >= 0.6 is 0 Å². The van der Waals surface area contributed by atoms with E-state index in [1.807, 2.05) is 6.92 Å². The molecule has 4 rings (SSSR count). The third-order valence-corrected chi connectivity index (χ3v) is 8.90. The standard InChI is InChI=1S/C26H35N3O4S/c1-21(28-15-13-23(14-16-28)8-7-22-5-3-2-4-6-22)26(30)27-24-9-11-25(12-10-24)34(31,32)29-17-19-33-20-18-29/h2-6,9-12,21,23H,7-8,13-20H2,1H3,(H,27,30). The normalized spacial score (nSPS) is 19.6. The van der Waals surface area contributed by atoms with E-state index < -0.39 is 10.0 Å². The second-order valence-corrected chi connectivity index (χ2v) is 11.1. The van der Waals surface area contributed by atoms with Crippen molar-refractivity contribution in [3.63, 3.8) is 0 Å². The Morgan fingerprint density at radius 1 is 1.00 bits per heavy atom. The fraction of sp³-hybridized carbons (Fsp3) is 0.500. The van der Waals surface area contributed by atoms with Crippen molar-refractivity contribution < 1.29 is 17.9 Å². The minimum Gasteiger partial charge on any atom is -0.379 e. The zero-order valence-electron chi connectivity index (χ0n) is 19.9. The highest BCUT2D eigenvalue weighted by molar-refractivity contribution is 7.89. The van der Waals surface area contributed by atoms with Crippen LogP contribution in [-0.2, 0) is 26.0 Å². The number of hydrogen-bond acceptors (Lipinski definition) is 5. The molecule has 2 aliphatic heterocycles. The third kappa shape index (κ3) is 6.24. The van der Waals surface area contributed by atoms with Gasteiger partial charge in [-0.3, -0.25) is 9.69 Å². The summed E-state index contributed by atoms with van der Waals surface area (Å²) in [7, 11) is -3.54. The van der Waals surface area contributed by atoms with Crippen molar-refractivity contribution in [2.75, 3.05) is 44.7 Å². The van der Waals surface area contributed by atoms with Gasteiger partial charge in [0.1, 0.15) is 0 Å². The molecule has 2 aliphatic rings. The van der Waals surface area contributed by atoms with Crippen molar-refractivity contribution in [3.05, 3.63) is 60.2 Å². The minimum atomic E-state index is -3.54. The van der Waals surface area contributed by atoms with E-state index >= 15 is 0 Å². The van der Waals surface area contributed by atoms with Crippen LogP contribution in [0.3, 0.4) is 0 Å². The Kier molecular flexibility index (Phi) is 8.37. The lowest BCUT2D eigenvalue weighted by atomic mass is 9.90. The third-order valence-electron chi connectivity index (χ3n) is 6.99. The van der Waals surface area contributed by atoms with Crippen LogP contribution in [0, 0.1) is 5.92 Å². The van der Waals surface area contributed by atoms with Crippen LogP contribution in [0.4, 0.5) is 5.69 Å². The van der Waals surface area contributed by atoms with E-state index in [1.54, 1.807) is 24.3 Å². The van der Waals surface area contributed by atoms with Gasteiger partial charge < -0.3 is 10.1 Å². The number of sulfonamides is 1. The first kappa shape index (κ1) is 24.9. The Morgan fingerprint density at radius 3 is 2.29 bits per heavy atom. The molecule has 0 spiro atoms. The molecule has 34 heavy (non-hydrogen) atoms. The number of rotatable bonds is 8. The zero-order chi connectivity index (χ0) is 24.0. The number of morpholine rings is 1. The largest absolute Gasteiger partial charge is 0.379 e. The zero-order valence-corrected chi connectivity index (χ0v) is 20.7. The smallest absolute Gasteiger partial charge is 0.243 e. The summed E-state index contributed by atoms with van der Waals surface area (Å²) in [5.41, 5.74) is 2.00. The summed E-state index contributed by atoms with van der Waals surface area (Å²) in [6.07, 6.45) is 4.52. The van der Waals surface area contributed by atoms with Gasteiger partial charge in [-0.05, 0) is 81.4 Å². The quantitative estimate of drug-likeness (QED) is 0.620. The van der Waals surface area contributed by atoms with Crippen LogP contribution in [0.1, 0.15) is 31.7 Å². The van der Waals surface area contributed by atoms with Crippen LogP contribution in [0.15, 0.2) is 59.5 Å². The molecule has 0 aromatic heterocycles. The highest BCUT2D eigenvalue weighted by Gasteiger charge is 2.28. The van der Waals surface area contributed by atoms with E-state index in [4.69, 9.17) is 4.74 Å². The highest BCUT2D eigenvalue weighted by atomic mass is 32.2. The molecule has 0 saturated carbocycles. The Hall–Kier alpha value is -2.26. The number of hydrogen-bond donors (Lipinski definition) is 1. The minimum absolute atomic E-state index is 0.0634. The van der Waals surface area contributed by atoms with Crippen LogP contribution in [-0.4, -0.2) is 69.0 Å². The number of nitrogens with one attached hydrogen (secondary N) is 1. The molecule has 0 bridgehead atoms. The molecule has 0 radical (unpaired) electrons.